The third-order valence-electron chi connectivity index (χ3n) is 4.52. The van der Waals surface area contributed by atoms with E-state index in [1.165, 1.54) is 0 Å². The zero-order valence-electron chi connectivity index (χ0n) is 15.2. The predicted octanol–water partition coefficient (Wildman–Crippen LogP) is 0.507. The van der Waals surface area contributed by atoms with Crippen LogP contribution in [0.15, 0.2) is 48.8 Å². The molecule has 2 heterocycles. The molecule has 0 saturated carbocycles. The molecule has 0 bridgehead atoms. The average molecular weight is 368 g/mol. The zero-order chi connectivity index (χ0) is 19.1. The SMILES string of the molecule is NC(=O)CCN(C(=O)CN1CCN(c2ncccn2)CC1)c1ccccc1. The Kier molecular flexibility index (Phi) is 6.32. The van der Waals surface area contributed by atoms with Gasteiger partial charge in [-0.15, -0.1) is 0 Å². The van der Waals surface area contributed by atoms with Gasteiger partial charge in [-0.3, -0.25) is 14.5 Å². The first-order valence-electron chi connectivity index (χ1n) is 9.01. The molecule has 1 fully saturated rings. The van der Waals surface area contributed by atoms with Crippen LogP contribution in [0.3, 0.4) is 0 Å². The molecule has 2 aromatic rings. The minimum atomic E-state index is -0.416. The largest absolute Gasteiger partial charge is 0.370 e. The van der Waals surface area contributed by atoms with Crippen molar-refractivity contribution in [1.29, 1.82) is 0 Å². The standard InChI is InChI=1S/C19H24N6O2/c20-17(26)7-10-25(16-5-2-1-3-6-16)18(27)15-23-11-13-24(14-12-23)19-21-8-4-9-22-19/h1-6,8-9H,7,10-15H2,(H2,20,26). The Morgan fingerprint density at radius 3 is 2.30 bits per heavy atom. The van der Waals surface area contributed by atoms with E-state index in [4.69, 9.17) is 5.73 Å². The summed E-state index contributed by atoms with van der Waals surface area (Å²) in [6.07, 6.45) is 3.60. The highest BCUT2D eigenvalue weighted by Crippen LogP contribution is 2.15. The number of anilines is 2. The van der Waals surface area contributed by atoms with Crippen LogP contribution in [0.2, 0.25) is 0 Å². The molecule has 2 N–H and O–H groups in total. The lowest BCUT2D eigenvalue weighted by molar-refractivity contribution is -0.120. The van der Waals surface area contributed by atoms with Gasteiger partial charge in [0.25, 0.3) is 0 Å². The Balaban J connectivity index is 1.58. The molecule has 1 aromatic carbocycles. The molecular weight excluding hydrogens is 344 g/mol. The second-order valence-electron chi connectivity index (χ2n) is 6.41. The maximum Gasteiger partial charge on any atom is 0.241 e. The van der Waals surface area contributed by atoms with Crippen molar-refractivity contribution in [2.24, 2.45) is 5.73 Å². The number of benzene rings is 1. The number of nitrogens with two attached hydrogens (primary N) is 1. The molecule has 8 nitrogen and oxygen atoms in total. The van der Waals surface area contributed by atoms with E-state index >= 15 is 0 Å². The highest BCUT2D eigenvalue weighted by molar-refractivity contribution is 5.95. The quantitative estimate of drug-likeness (QED) is 0.765. The molecular formula is C19H24N6O2. The van der Waals surface area contributed by atoms with E-state index in [0.29, 0.717) is 6.54 Å². The highest BCUT2D eigenvalue weighted by Gasteiger charge is 2.23. The molecule has 2 amide bonds. The third-order valence-corrected chi connectivity index (χ3v) is 4.52. The molecule has 1 saturated heterocycles. The van der Waals surface area contributed by atoms with Crippen LogP contribution >= 0.6 is 0 Å². The van der Waals surface area contributed by atoms with Crippen LogP contribution in [0, 0.1) is 0 Å². The lowest BCUT2D eigenvalue weighted by Crippen LogP contribution is -2.50. The molecule has 0 spiro atoms. The number of rotatable bonds is 7. The first-order chi connectivity index (χ1) is 13.1. The van der Waals surface area contributed by atoms with Crippen LogP contribution in [0.4, 0.5) is 11.6 Å². The van der Waals surface area contributed by atoms with Gasteiger partial charge in [-0.25, -0.2) is 9.97 Å². The Morgan fingerprint density at radius 2 is 1.67 bits per heavy atom. The molecule has 1 aliphatic heterocycles. The van der Waals surface area contributed by atoms with Crippen molar-refractivity contribution >= 4 is 23.5 Å². The van der Waals surface area contributed by atoms with E-state index in [1.54, 1.807) is 23.4 Å². The summed E-state index contributed by atoms with van der Waals surface area (Å²) in [5.74, 6) is 0.267. The van der Waals surface area contributed by atoms with Gasteiger partial charge in [-0.2, -0.15) is 0 Å². The monoisotopic (exact) mass is 368 g/mol. The number of primary amides is 1. The maximum absolute atomic E-state index is 12.9. The summed E-state index contributed by atoms with van der Waals surface area (Å²) < 4.78 is 0. The number of piperazine rings is 1. The van der Waals surface area contributed by atoms with Gasteiger partial charge in [0.2, 0.25) is 17.8 Å². The van der Waals surface area contributed by atoms with Crippen LogP contribution in [-0.2, 0) is 9.59 Å². The zero-order valence-corrected chi connectivity index (χ0v) is 15.2. The topological polar surface area (TPSA) is 95.7 Å². The predicted molar refractivity (Wildman–Crippen MR) is 103 cm³/mol. The molecule has 142 valence electrons. The van der Waals surface area contributed by atoms with Crippen LogP contribution in [-0.4, -0.2) is 66.0 Å². The first kappa shape index (κ1) is 18.8. The van der Waals surface area contributed by atoms with Crippen LogP contribution in [0.1, 0.15) is 6.42 Å². The second-order valence-corrected chi connectivity index (χ2v) is 6.41. The fourth-order valence-corrected chi connectivity index (χ4v) is 3.06. The summed E-state index contributed by atoms with van der Waals surface area (Å²) in [5, 5.41) is 0. The molecule has 0 radical (unpaired) electrons. The van der Waals surface area contributed by atoms with Crippen molar-refractivity contribution in [3.05, 3.63) is 48.8 Å². The number of carbonyl (C=O) groups is 2. The van der Waals surface area contributed by atoms with E-state index in [9.17, 15) is 9.59 Å². The van der Waals surface area contributed by atoms with Gasteiger partial charge in [0.1, 0.15) is 0 Å². The van der Waals surface area contributed by atoms with Crippen LogP contribution in [0.5, 0.6) is 0 Å². The van der Waals surface area contributed by atoms with E-state index in [0.717, 1.165) is 37.8 Å². The molecule has 0 atom stereocenters. The third kappa shape index (κ3) is 5.24. The van der Waals surface area contributed by atoms with E-state index in [1.807, 2.05) is 30.3 Å². The number of carbonyl (C=O) groups excluding carboxylic acids is 2. The summed E-state index contributed by atoms with van der Waals surface area (Å²) in [7, 11) is 0. The van der Waals surface area contributed by atoms with Crippen molar-refractivity contribution in [2.45, 2.75) is 6.42 Å². The van der Waals surface area contributed by atoms with Crippen molar-refractivity contribution in [3.63, 3.8) is 0 Å². The summed E-state index contributed by atoms with van der Waals surface area (Å²) in [6, 6.07) is 11.2. The normalized spacial score (nSPS) is 14.7. The minimum Gasteiger partial charge on any atom is -0.370 e. The molecule has 0 aliphatic carbocycles. The number of para-hydroxylation sites is 1. The molecule has 1 aromatic heterocycles. The molecule has 0 unspecified atom stereocenters. The van der Waals surface area contributed by atoms with Gasteiger partial charge < -0.3 is 15.5 Å². The fraction of sp³-hybridized carbons (Fsp3) is 0.368. The number of aromatic nitrogens is 2. The minimum absolute atomic E-state index is 0.0353. The molecule has 27 heavy (non-hydrogen) atoms. The van der Waals surface area contributed by atoms with Gasteiger partial charge in [0.05, 0.1) is 6.54 Å². The highest BCUT2D eigenvalue weighted by atomic mass is 16.2. The van der Waals surface area contributed by atoms with Gasteiger partial charge in [-0.1, -0.05) is 18.2 Å². The van der Waals surface area contributed by atoms with Crippen molar-refractivity contribution in [2.75, 3.05) is 49.1 Å². The van der Waals surface area contributed by atoms with Gasteiger partial charge in [-0.05, 0) is 18.2 Å². The number of hydrogen-bond acceptors (Lipinski definition) is 6. The van der Waals surface area contributed by atoms with E-state index < -0.39 is 5.91 Å². The Morgan fingerprint density at radius 1 is 1.00 bits per heavy atom. The maximum atomic E-state index is 12.9. The summed E-state index contributed by atoms with van der Waals surface area (Å²) >= 11 is 0. The summed E-state index contributed by atoms with van der Waals surface area (Å²) in [4.78, 5) is 38.5. The lowest BCUT2D eigenvalue weighted by atomic mass is 10.2. The average Bonchev–Trinajstić information content (AvgIpc) is 2.70. The summed E-state index contributed by atoms with van der Waals surface area (Å²) in [5.41, 5.74) is 6.05. The molecule has 8 heteroatoms. The van der Waals surface area contributed by atoms with Crippen molar-refractivity contribution in [3.8, 4) is 0 Å². The Bertz CT molecular complexity index is 747. The van der Waals surface area contributed by atoms with E-state index in [-0.39, 0.29) is 18.9 Å². The first-order valence-corrected chi connectivity index (χ1v) is 9.01. The molecule has 1 aliphatic rings. The van der Waals surface area contributed by atoms with Crippen molar-refractivity contribution < 1.29 is 9.59 Å². The summed E-state index contributed by atoms with van der Waals surface area (Å²) in [6.45, 7) is 3.63. The van der Waals surface area contributed by atoms with Crippen LogP contribution in [0.25, 0.3) is 0 Å². The number of nitrogens with zero attached hydrogens (tertiary/aromatic N) is 5. The van der Waals surface area contributed by atoms with E-state index in [2.05, 4.69) is 19.8 Å². The number of hydrogen-bond donors (Lipinski definition) is 1. The lowest BCUT2D eigenvalue weighted by Gasteiger charge is -2.35. The smallest absolute Gasteiger partial charge is 0.241 e. The van der Waals surface area contributed by atoms with Crippen molar-refractivity contribution in [1.82, 2.24) is 14.9 Å². The number of amides is 2. The van der Waals surface area contributed by atoms with Gasteiger partial charge in [0.15, 0.2) is 0 Å². The Hall–Kier alpha value is -3.00. The van der Waals surface area contributed by atoms with Crippen LogP contribution < -0.4 is 15.5 Å². The Labute approximate surface area is 158 Å². The van der Waals surface area contributed by atoms with Gasteiger partial charge in [0, 0.05) is 57.2 Å². The van der Waals surface area contributed by atoms with Gasteiger partial charge >= 0.3 is 0 Å². The second kappa shape index (κ2) is 9.09. The molecule has 3 rings (SSSR count). The fourth-order valence-electron chi connectivity index (χ4n) is 3.06.